The highest BCUT2D eigenvalue weighted by Crippen LogP contribution is 2.38. The van der Waals surface area contributed by atoms with E-state index in [9.17, 15) is 4.79 Å². The Bertz CT molecular complexity index is 1080. The van der Waals surface area contributed by atoms with Crippen molar-refractivity contribution >= 4 is 51.1 Å². The Morgan fingerprint density at radius 1 is 1.39 bits per heavy atom. The monoisotopic (exact) mass is 396 g/mol. The van der Waals surface area contributed by atoms with Gasteiger partial charge < -0.3 is 26.3 Å². The number of carbonyl (C=O) groups excluding carboxylic acids is 1. The van der Waals surface area contributed by atoms with Crippen molar-refractivity contribution in [2.75, 3.05) is 31.7 Å². The summed E-state index contributed by atoms with van der Waals surface area (Å²) in [4.78, 5) is 30.9. The van der Waals surface area contributed by atoms with Crippen LogP contribution in [0, 0.1) is 5.41 Å². The minimum atomic E-state index is 0.0118. The second-order valence-electron chi connectivity index (χ2n) is 6.72. The van der Waals surface area contributed by atoms with Crippen molar-refractivity contribution in [3.63, 3.8) is 0 Å². The molecule has 2 amide bonds. The summed E-state index contributed by atoms with van der Waals surface area (Å²) in [6, 6.07) is 1.73. The van der Waals surface area contributed by atoms with Gasteiger partial charge in [-0.05, 0) is 18.1 Å². The molecule has 4 heterocycles. The number of nitrogens with one attached hydrogen (secondary N) is 2. The van der Waals surface area contributed by atoms with Gasteiger partial charge in [0.15, 0.2) is 0 Å². The number of anilines is 3. The second kappa shape index (κ2) is 7.04. The number of nitrogen functional groups attached to an aromatic ring is 1. The van der Waals surface area contributed by atoms with Crippen LogP contribution in [0.5, 0.6) is 0 Å². The number of nitrogens with two attached hydrogens (primary N) is 1. The molecule has 1 aliphatic rings. The average molecular weight is 396 g/mol. The number of nitrogens with zero attached hydrogens (tertiary/aromatic N) is 5. The average Bonchev–Trinajstić information content (AvgIpc) is 3.07. The summed E-state index contributed by atoms with van der Waals surface area (Å²) in [6.07, 6.45) is 4.98. The molecule has 0 saturated heterocycles. The number of pyridine rings is 1. The Labute approximate surface area is 165 Å². The number of hydrogen-bond acceptors (Lipinski definition) is 8. The van der Waals surface area contributed by atoms with Crippen LogP contribution in [0.1, 0.15) is 16.0 Å². The third-order valence-electron chi connectivity index (χ3n) is 4.66. The Hall–Kier alpha value is -3.27. The molecule has 0 aromatic carbocycles. The molecule has 0 aliphatic carbocycles. The van der Waals surface area contributed by atoms with E-state index in [0.717, 1.165) is 21.5 Å². The van der Waals surface area contributed by atoms with E-state index in [0.29, 0.717) is 36.0 Å². The molecule has 144 valence electrons. The molecule has 10 heteroatoms. The number of amides is 2. The molecule has 3 aromatic rings. The molecular weight excluding hydrogens is 376 g/mol. The first-order valence-corrected chi connectivity index (χ1v) is 9.54. The Balaban J connectivity index is 1.70. The van der Waals surface area contributed by atoms with Crippen LogP contribution in [-0.4, -0.2) is 57.6 Å². The van der Waals surface area contributed by atoms with Gasteiger partial charge in [0.05, 0.1) is 23.8 Å². The summed E-state index contributed by atoms with van der Waals surface area (Å²) in [6.45, 7) is 1.23. The number of thiophene rings is 1. The highest BCUT2D eigenvalue weighted by atomic mass is 32.1. The van der Waals surface area contributed by atoms with Gasteiger partial charge >= 0.3 is 6.03 Å². The van der Waals surface area contributed by atoms with Crippen molar-refractivity contribution in [2.45, 2.75) is 13.0 Å². The molecule has 0 bridgehead atoms. The molecule has 0 radical (unpaired) electrons. The lowest BCUT2D eigenvalue weighted by atomic mass is 10.1. The summed E-state index contributed by atoms with van der Waals surface area (Å²) >= 11 is 1.59. The summed E-state index contributed by atoms with van der Waals surface area (Å²) in [5.41, 5.74) is 8.03. The molecule has 9 nitrogen and oxygen atoms in total. The largest absolute Gasteiger partial charge is 0.397 e. The van der Waals surface area contributed by atoms with E-state index < -0.39 is 0 Å². The van der Waals surface area contributed by atoms with E-state index in [1.165, 1.54) is 24.3 Å². The quantitative estimate of drug-likeness (QED) is 0.584. The van der Waals surface area contributed by atoms with Gasteiger partial charge in [-0.15, -0.1) is 11.3 Å². The summed E-state index contributed by atoms with van der Waals surface area (Å²) in [5, 5.41) is 11.7. The van der Waals surface area contributed by atoms with Crippen molar-refractivity contribution in [2.24, 2.45) is 0 Å². The first-order valence-electron chi connectivity index (χ1n) is 8.72. The topological polar surface area (TPSA) is 124 Å². The van der Waals surface area contributed by atoms with Crippen LogP contribution in [-0.2, 0) is 13.0 Å². The lowest BCUT2D eigenvalue weighted by Gasteiger charge is -2.29. The zero-order chi connectivity index (χ0) is 19.8. The van der Waals surface area contributed by atoms with Crippen molar-refractivity contribution in [1.82, 2.24) is 24.8 Å². The fourth-order valence-electron chi connectivity index (χ4n) is 3.26. The summed E-state index contributed by atoms with van der Waals surface area (Å²) in [7, 11) is 3.52. The van der Waals surface area contributed by atoms with Gasteiger partial charge in [-0.1, -0.05) is 0 Å². The Kier molecular flexibility index (Phi) is 4.55. The van der Waals surface area contributed by atoms with Crippen molar-refractivity contribution in [1.29, 1.82) is 5.41 Å². The molecular formula is C18H20N8OS. The van der Waals surface area contributed by atoms with E-state index in [1.54, 1.807) is 36.4 Å². The molecule has 28 heavy (non-hydrogen) atoms. The van der Waals surface area contributed by atoms with Gasteiger partial charge in [-0.25, -0.2) is 19.7 Å². The van der Waals surface area contributed by atoms with E-state index in [4.69, 9.17) is 11.1 Å². The smallest absolute Gasteiger partial charge is 0.319 e. The van der Waals surface area contributed by atoms with Crippen LogP contribution >= 0.6 is 11.3 Å². The zero-order valence-electron chi connectivity index (χ0n) is 15.6. The van der Waals surface area contributed by atoms with Crippen molar-refractivity contribution < 1.29 is 4.79 Å². The minimum absolute atomic E-state index is 0.0118. The number of aromatic nitrogens is 3. The molecule has 4 N–H and O–H groups in total. The van der Waals surface area contributed by atoms with Gasteiger partial charge in [-0.3, -0.25) is 0 Å². The maximum atomic E-state index is 12.3. The lowest BCUT2D eigenvalue weighted by Crippen LogP contribution is -2.41. The van der Waals surface area contributed by atoms with Crippen LogP contribution in [0.15, 0.2) is 18.6 Å². The minimum Gasteiger partial charge on any atom is -0.397 e. The molecule has 0 spiro atoms. The molecule has 0 unspecified atom stereocenters. The molecule has 4 rings (SSSR count). The van der Waals surface area contributed by atoms with Crippen molar-refractivity contribution in [3.8, 4) is 0 Å². The molecule has 0 atom stereocenters. The predicted molar refractivity (Wildman–Crippen MR) is 110 cm³/mol. The predicted octanol–water partition coefficient (Wildman–Crippen LogP) is 2.45. The zero-order valence-corrected chi connectivity index (χ0v) is 16.4. The second-order valence-corrected chi connectivity index (χ2v) is 7.81. The number of rotatable bonds is 3. The number of fused-ring (bicyclic) bond motifs is 3. The van der Waals surface area contributed by atoms with Crippen LogP contribution in [0.25, 0.3) is 10.2 Å². The standard InChI is InChI=1S/C18H20N8OS/c1-25(2)18(27)26-4-3-11-13(8-26)28-17-15(11)16(22-9-23-17)24-14-5-10(6-19)12(20)7-21-14/h5-7,9,19H,3-4,8,20H2,1-2H3,(H,21,22,23,24). The van der Waals surface area contributed by atoms with Crippen LogP contribution in [0.3, 0.4) is 0 Å². The van der Waals surface area contributed by atoms with Crippen LogP contribution < -0.4 is 11.1 Å². The van der Waals surface area contributed by atoms with Gasteiger partial charge in [0.25, 0.3) is 0 Å². The lowest BCUT2D eigenvalue weighted by molar-refractivity contribution is 0.166. The van der Waals surface area contributed by atoms with E-state index in [1.807, 2.05) is 4.90 Å². The maximum absolute atomic E-state index is 12.3. The fourth-order valence-corrected chi connectivity index (χ4v) is 4.47. The highest BCUT2D eigenvalue weighted by Gasteiger charge is 2.27. The Morgan fingerprint density at radius 3 is 2.96 bits per heavy atom. The van der Waals surface area contributed by atoms with E-state index in [-0.39, 0.29) is 6.03 Å². The normalized spacial score (nSPS) is 13.3. The summed E-state index contributed by atoms with van der Waals surface area (Å²) < 4.78 is 0. The third kappa shape index (κ3) is 3.11. The fraction of sp³-hybridized carbons (Fsp3) is 0.278. The summed E-state index contributed by atoms with van der Waals surface area (Å²) in [5.74, 6) is 1.23. The molecule has 3 aromatic heterocycles. The van der Waals surface area contributed by atoms with Crippen LogP contribution in [0.4, 0.5) is 22.1 Å². The number of urea groups is 1. The third-order valence-corrected chi connectivity index (χ3v) is 5.79. The van der Waals surface area contributed by atoms with Crippen LogP contribution in [0.2, 0.25) is 0 Å². The Morgan fingerprint density at radius 2 is 2.21 bits per heavy atom. The van der Waals surface area contributed by atoms with Crippen molar-refractivity contribution in [3.05, 3.63) is 34.6 Å². The van der Waals surface area contributed by atoms with Gasteiger partial charge in [-0.2, -0.15) is 0 Å². The molecule has 0 fully saturated rings. The molecule has 1 aliphatic heterocycles. The highest BCUT2D eigenvalue weighted by molar-refractivity contribution is 7.19. The van der Waals surface area contributed by atoms with Gasteiger partial charge in [0, 0.05) is 37.3 Å². The van der Waals surface area contributed by atoms with Gasteiger partial charge in [0.2, 0.25) is 0 Å². The maximum Gasteiger partial charge on any atom is 0.319 e. The van der Waals surface area contributed by atoms with E-state index >= 15 is 0 Å². The first kappa shape index (κ1) is 18.1. The first-order chi connectivity index (χ1) is 13.5. The number of hydrogen-bond donors (Lipinski definition) is 3. The van der Waals surface area contributed by atoms with Gasteiger partial charge in [0.1, 0.15) is 22.8 Å². The molecule has 0 saturated carbocycles. The SMILES string of the molecule is CN(C)C(=O)N1CCc2c(sc3ncnc(Nc4cc(C=N)c(N)cn4)c23)C1. The number of carbonyl (C=O) groups is 1. The van der Waals surface area contributed by atoms with E-state index in [2.05, 4.69) is 20.3 Å².